The van der Waals surface area contributed by atoms with Crippen molar-refractivity contribution in [3.05, 3.63) is 54.5 Å². The summed E-state index contributed by atoms with van der Waals surface area (Å²) in [5, 5.41) is 3.12. The molecule has 4 rings (SSSR count). The Balaban J connectivity index is 1.48. The second kappa shape index (κ2) is 7.88. The minimum absolute atomic E-state index is 0.113. The molecular formula is C21H25N5O. The summed E-state index contributed by atoms with van der Waals surface area (Å²) in [6, 6.07) is 11.9. The molecule has 1 N–H and O–H groups in total. The molecule has 0 atom stereocenters. The minimum Gasteiger partial charge on any atom is -0.352 e. The zero-order valence-corrected chi connectivity index (χ0v) is 15.6. The van der Waals surface area contributed by atoms with E-state index < -0.39 is 0 Å². The quantitative estimate of drug-likeness (QED) is 0.757. The van der Waals surface area contributed by atoms with Crippen LogP contribution in [0.2, 0.25) is 0 Å². The number of benzene rings is 1. The number of rotatable bonds is 5. The molecule has 0 unspecified atom stereocenters. The molecule has 0 bridgehead atoms. The Labute approximate surface area is 159 Å². The summed E-state index contributed by atoms with van der Waals surface area (Å²) in [7, 11) is 0. The summed E-state index contributed by atoms with van der Waals surface area (Å²) in [4.78, 5) is 24.0. The molecular weight excluding hydrogens is 338 g/mol. The van der Waals surface area contributed by atoms with Crippen LogP contribution in [-0.2, 0) is 11.3 Å². The highest BCUT2D eigenvalue weighted by molar-refractivity contribution is 5.79. The summed E-state index contributed by atoms with van der Waals surface area (Å²) in [6.07, 6.45) is 5.44. The maximum Gasteiger partial charge on any atom is 0.223 e. The Morgan fingerprint density at radius 3 is 2.78 bits per heavy atom. The first kappa shape index (κ1) is 17.7. The fraction of sp³-hybridized carbons (Fsp3) is 0.381. The van der Waals surface area contributed by atoms with Crippen molar-refractivity contribution < 1.29 is 4.79 Å². The predicted molar refractivity (Wildman–Crippen MR) is 106 cm³/mol. The molecule has 6 nitrogen and oxygen atoms in total. The van der Waals surface area contributed by atoms with E-state index in [1.165, 1.54) is 0 Å². The van der Waals surface area contributed by atoms with Crippen LogP contribution in [0.5, 0.6) is 0 Å². The summed E-state index contributed by atoms with van der Waals surface area (Å²) in [5.74, 6) is 1.07. The fourth-order valence-electron chi connectivity index (χ4n) is 3.75. The molecule has 1 aromatic carbocycles. The first-order valence-electron chi connectivity index (χ1n) is 9.62. The molecule has 1 aliphatic heterocycles. The monoisotopic (exact) mass is 363 g/mol. The molecule has 140 valence electrons. The molecule has 27 heavy (non-hydrogen) atoms. The first-order chi connectivity index (χ1) is 13.3. The molecule has 1 amide bonds. The van der Waals surface area contributed by atoms with Crippen molar-refractivity contribution in [2.45, 2.75) is 26.3 Å². The van der Waals surface area contributed by atoms with Crippen molar-refractivity contribution >= 4 is 16.9 Å². The van der Waals surface area contributed by atoms with E-state index >= 15 is 0 Å². The number of piperidine rings is 1. The largest absolute Gasteiger partial charge is 0.352 e. The van der Waals surface area contributed by atoms with Crippen LogP contribution in [-0.4, -0.2) is 45.0 Å². The Morgan fingerprint density at radius 1 is 1.15 bits per heavy atom. The second-order valence-corrected chi connectivity index (χ2v) is 7.02. The van der Waals surface area contributed by atoms with Crippen LogP contribution in [0.25, 0.3) is 16.9 Å². The predicted octanol–water partition coefficient (Wildman–Crippen LogP) is 2.77. The van der Waals surface area contributed by atoms with E-state index in [-0.39, 0.29) is 11.8 Å². The van der Waals surface area contributed by atoms with Crippen molar-refractivity contribution in [1.82, 2.24) is 24.8 Å². The smallest absolute Gasteiger partial charge is 0.223 e. The van der Waals surface area contributed by atoms with Gasteiger partial charge in [0.2, 0.25) is 5.91 Å². The number of carbonyl (C=O) groups is 1. The molecule has 0 spiro atoms. The molecule has 0 radical (unpaired) electrons. The van der Waals surface area contributed by atoms with E-state index in [0.717, 1.165) is 54.9 Å². The van der Waals surface area contributed by atoms with Gasteiger partial charge in [-0.3, -0.25) is 9.36 Å². The van der Waals surface area contributed by atoms with Gasteiger partial charge >= 0.3 is 0 Å². The zero-order valence-electron chi connectivity index (χ0n) is 15.6. The molecule has 0 aliphatic carbocycles. The number of fused-ring (bicyclic) bond motifs is 1. The molecule has 3 aromatic rings. The fourth-order valence-corrected chi connectivity index (χ4v) is 3.75. The van der Waals surface area contributed by atoms with Gasteiger partial charge in [0, 0.05) is 24.2 Å². The van der Waals surface area contributed by atoms with Crippen LogP contribution in [0.1, 0.15) is 25.3 Å². The molecule has 6 heteroatoms. The Kier molecular flexibility index (Phi) is 5.16. The number of hydrogen-bond acceptors (Lipinski definition) is 4. The Morgan fingerprint density at radius 2 is 1.96 bits per heavy atom. The SMILES string of the molecule is CCN1CCC(C(=O)NCc2cccnc2-n2cnc3ccccc32)CC1. The van der Waals surface area contributed by atoms with Crippen molar-refractivity contribution in [1.29, 1.82) is 0 Å². The third-order valence-corrected chi connectivity index (χ3v) is 5.41. The molecule has 1 fully saturated rings. The molecule has 0 saturated carbocycles. The molecule has 1 aliphatic rings. The number of imidazole rings is 1. The minimum atomic E-state index is 0.113. The van der Waals surface area contributed by atoms with Gasteiger partial charge in [-0.05, 0) is 50.7 Å². The summed E-state index contributed by atoms with van der Waals surface area (Å²) in [6.45, 7) is 5.72. The lowest BCUT2D eigenvalue weighted by Crippen LogP contribution is -2.40. The van der Waals surface area contributed by atoms with Crippen LogP contribution >= 0.6 is 0 Å². The molecule has 1 saturated heterocycles. The number of aromatic nitrogens is 3. The average molecular weight is 363 g/mol. The maximum absolute atomic E-state index is 12.6. The van der Waals surface area contributed by atoms with Gasteiger partial charge in [0.05, 0.1) is 11.0 Å². The van der Waals surface area contributed by atoms with E-state index in [0.29, 0.717) is 6.54 Å². The van der Waals surface area contributed by atoms with Crippen molar-refractivity contribution in [3.63, 3.8) is 0 Å². The van der Waals surface area contributed by atoms with Crippen molar-refractivity contribution in [2.75, 3.05) is 19.6 Å². The van der Waals surface area contributed by atoms with Crippen LogP contribution in [0.15, 0.2) is 48.9 Å². The summed E-state index contributed by atoms with van der Waals surface area (Å²) >= 11 is 0. The van der Waals surface area contributed by atoms with Gasteiger partial charge in [0.1, 0.15) is 12.1 Å². The third kappa shape index (κ3) is 3.71. The van der Waals surface area contributed by atoms with E-state index in [9.17, 15) is 4.79 Å². The number of nitrogens with zero attached hydrogens (tertiary/aromatic N) is 4. The van der Waals surface area contributed by atoms with Crippen LogP contribution in [0, 0.1) is 5.92 Å². The van der Waals surface area contributed by atoms with Gasteiger partial charge in [0.25, 0.3) is 0 Å². The van der Waals surface area contributed by atoms with Crippen LogP contribution in [0.3, 0.4) is 0 Å². The highest BCUT2D eigenvalue weighted by Crippen LogP contribution is 2.20. The highest BCUT2D eigenvalue weighted by Gasteiger charge is 2.24. The van der Waals surface area contributed by atoms with Gasteiger partial charge in [0.15, 0.2) is 0 Å². The highest BCUT2D eigenvalue weighted by atomic mass is 16.1. The zero-order chi connectivity index (χ0) is 18.6. The van der Waals surface area contributed by atoms with E-state index in [2.05, 4.69) is 27.1 Å². The van der Waals surface area contributed by atoms with Gasteiger partial charge in [-0.1, -0.05) is 25.1 Å². The van der Waals surface area contributed by atoms with Gasteiger partial charge in [-0.25, -0.2) is 9.97 Å². The number of likely N-dealkylation sites (tertiary alicyclic amines) is 1. The van der Waals surface area contributed by atoms with E-state index in [1.807, 2.05) is 41.0 Å². The standard InChI is InChI=1S/C21H25N5O/c1-2-25-12-9-16(10-13-25)21(27)23-14-17-6-5-11-22-20(17)26-15-24-18-7-3-4-8-19(18)26/h3-8,11,15-16H,2,9-10,12-14H2,1H3,(H,23,27). The molecule has 3 heterocycles. The molecule has 2 aromatic heterocycles. The van der Waals surface area contributed by atoms with Crippen molar-refractivity contribution in [2.24, 2.45) is 5.92 Å². The lowest BCUT2D eigenvalue weighted by atomic mass is 9.96. The lowest BCUT2D eigenvalue weighted by molar-refractivity contribution is -0.126. The van der Waals surface area contributed by atoms with E-state index in [4.69, 9.17) is 0 Å². The van der Waals surface area contributed by atoms with Crippen LogP contribution in [0.4, 0.5) is 0 Å². The second-order valence-electron chi connectivity index (χ2n) is 7.02. The summed E-state index contributed by atoms with van der Waals surface area (Å²) < 4.78 is 1.98. The van der Waals surface area contributed by atoms with Gasteiger partial charge < -0.3 is 10.2 Å². The first-order valence-corrected chi connectivity index (χ1v) is 9.62. The number of pyridine rings is 1. The normalized spacial score (nSPS) is 15.9. The lowest BCUT2D eigenvalue weighted by Gasteiger charge is -2.30. The van der Waals surface area contributed by atoms with Gasteiger partial charge in [-0.2, -0.15) is 0 Å². The number of carbonyl (C=O) groups excluding carboxylic acids is 1. The third-order valence-electron chi connectivity index (χ3n) is 5.41. The maximum atomic E-state index is 12.6. The topological polar surface area (TPSA) is 63.1 Å². The van der Waals surface area contributed by atoms with Crippen molar-refractivity contribution in [3.8, 4) is 5.82 Å². The number of nitrogens with one attached hydrogen (secondary N) is 1. The average Bonchev–Trinajstić information content (AvgIpc) is 3.16. The van der Waals surface area contributed by atoms with Crippen LogP contribution < -0.4 is 5.32 Å². The van der Waals surface area contributed by atoms with E-state index in [1.54, 1.807) is 12.5 Å². The number of hydrogen-bond donors (Lipinski definition) is 1. The number of para-hydroxylation sites is 2. The summed E-state index contributed by atoms with van der Waals surface area (Å²) in [5.41, 5.74) is 2.93. The van der Waals surface area contributed by atoms with Gasteiger partial charge in [-0.15, -0.1) is 0 Å². The Hall–Kier alpha value is -2.73. The number of amides is 1. The Bertz CT molecular complexity index is 927.